The van der Waals surface area contributed by atoms with Gasteiger partial charge in [0.05, 0.1) is 25.9 Å². The summed E-state index contributed by atoms with van der Waals surface area (Å²) in [4.78, 5) is 25.7. The van der Waals surface area contributed by atoms with E-state index in [9.17, 15) is 9.59 Å². The van der Waals surface area contributed by atoms with Gasteiger partial charge in [-0.3, -0.25) is 4.79 Å². The molecule has 31 heavy (non-hydrogen) atoms. The zero-order valence-electron chi connectivity index (χ0n) is 17.6. The van der Waals surface area contributed by atoms with Crippen molar-refractivity contribution in [3.05, 3.63) is 66.2 Å². The van der Waals surface area contributed by atoms with Gasteiger partial charge in [-0.05, 0) is 37.1 Å². The Hall–Kier alpha value is -3.32. The van der Waals surface area contributed by atoms with Crippen LogP contribution in [0.5, 0.6) is 11.5 Å². The molecule has 2 aromatic carbocycles. The van der Waals surface area contributed by atoms with E-state index in [1.54, 1.807) is 20.1 Å². The van der Waals surface area contributed by atoms with Crippen LogP contribution in [0.15, 0.2) is 60.7 Å². The first-order valence-electron chi connectivity index (χ1n) is 10.0. The molecule has 3 rings (SSSR count). The molecule has 0 bridgehead atoms. The third-order valence-corrected chi connectivity index (χ3v) is 5.51. The third kappa shape index (κ3) is 6.08. The highest BCUT2D eigenvalue weighted by atomic mass is 32.1. The highest BCUT2D eigenvalue weighted by molar-refractivity contribution is 7.20. The van der Waals surface area contributed by atoms with Crippen molar-refractivity contribution in [3.63, 3.8) is 0 Å². The van der Waals surface area contributed by atoms with Gasteiger partial charge in [-0.25, -0.2) is 4.79 Å². The summed E-state index contributed by atoms with van der Waals surface area (Å²) in [5.74, 6) is 0.658. The number of anilines is 1. The molecule has 0 saturated carbocycles. The minimum absolute atomic E-state index is 0.185. The minimum Gasteiger partial charge on any atom is -0.493 e. The molecular formula is C24H25NO5S. The van der Waals surface area contributed by atoms with E-state index in [0.717, 1.165) is 10.4 Å². The zero-order chi connectivity index (χ0) is 22.1. The van der Waals surface area contributed by atoms with Crippen LogP contribution in [0.2, 0.25) is 0 Å². The van der Waals surface area contributed by atoms with Gasteiger partial charge in [-0.2, -0.15) is 0 Å². The zero-order valence-corrected chi connectivity index (χ0v) is 18.4. The Morgan fingerprint density at radius 2 is 1.71 bits per heavy atom. The Morgan fingerprint density at radius 3 is 2.42 bits per heavy atom. The Balaban J connectivity index is 1.61. The number of para-hydroxylation sites is 2. The van der Waals surface area contributed by atoms with Crippen molar-refractivity contribution in [2.45, 2.75) is 19.8 Å². The van der Waals surface area contributed by atoms with Gasteiger partial charge in [0, 0.05) is 11.3 Å². The summed E-state index contributed by atoms with van der Waals surface area (Å²) < 4.78 is 16.1. The number of thiophene rings is 1. The maximum absolute atomic E-state index is 12.5. The molecule has 162 valence electrons. The molecular weight excluding hydrogens is 414 g/mol. The first kappa shape index (κ1) is 22.4. The van der Waals surface area contributed by atoms with Crippen molar-refractivity contribution in [1.29, 1.82) is 0 Å². The molecule has 0 aliphatic rings. The maximum atomic E-state index is 12.5. The van der Waals surface area contributed by atoms with Gasteiger partial charge in [-0.1, -0.05) is 42.5 Å². The monoisotopic (exact) mass is 439 g/mol. The fraction of sp³-hybridized carbons (Fsp3) is 0.250. The highest BCUT2D eigenvalue weighted by Gasteiger charge is 2.19. The lowest BCUT2D eigenvalue weighted by molar-refractivity contribution is -0.116. The number of hydrogen-bond acceptors (Lipinski definition) is 6. The predicted molar refractivity (Wildman–Crippen MR) is 122 cm³/mol. The number of rotatable bonds is 10. The average molecular weight is 440 g/mol. The van der Waals surface area contributed by atoms with E-state index in [1.807, 2.05) is 54.6 Å². The van der Waals surface area contributed by atoms with Crippen LogP contribution >= 0.6 is 11.3 Å². The largest absolute Gasteiger partial charge is 0.493 e. The molecule has 6 nitrogen and oxygen atoms in total. The number of carbonyl (C=O) groups excluding carboxylic acids is 2. The maximum Gasteiger partial charge on any atom is 0.341 e. The molecule has 1 heterocycles. The van der Waals surface area contributed by atoms with E-state index in [4.69, 9.17) is 14.2 Å². The van der Waals surface area contributed by atoms with Crippen LogP contribution in [0.3, 0.4) is 0 Å². The van der Waals surface area contributed by atoms with E-state index < -0.39 is 5.97 Å². The Labute approximate surface area is 185 Å². The molecule has 0 saturated heterocycles. The van der Waals surface area contributed by atoms with Crippen LogP contribution in [0.4, 0.5) is 5.00 Å². The van der Waals surface area contributed by atoms with Crippen molar-refractivity contribution in [1.82, 2.24) is 0 Å². The lowest BCUT2D eigenvalue weighted by Gasteiger charge is -2.10. The van der Waals surface area contributed by atoms with Gasteiger partial charge in [-0.15, -0.1) is 11.3 Å². The van der Waals surface area contributed by atoms with Crippen molar-refractivity contribution < 1.29 is 23.8 Å². The number of carbonyl (C=O) groups is 2. The quantitative estimate of drug-likeness (QED) is 0.338. The second-order valence-electron chi connectivity index (χ2n) is 6.59. The summed E-state index contributed by atoms with van der Waals surface area (Å²) in [6.07, 6.45) is 0.783. The van der Waals surface area contributed by atoms with Crippen molar-refractivity contribution in [2.75, 3.05) is 25.6 Å². The first-order chi connectivity index (χ1) is 15.1. The van der Waals surface area contributed by atoms with Gasteiger partial charge in [0.15, 0.2) is 11.5 Å². The Morgan fingerprint density at radius 1 is 1.00 bits per heavy atom. The summed E-state index contributed by atoms with van der Waals surface area (Å²) in [7, 11) is 1.58. The lowest BCUT2D eigenvalue weighted by Crippen LogP contribution is -2.14. The summed E-state index contributed by atoms with van der Waals surface area (Å²) in [5, 5.41) is 3.35. The lowest BCUT2D eigenvalue weighted by atomic mass is 10.1. The second kappa shape index (κ2) is 11.2. The molecule has 0 radical (unpaired) electrons. The minimum atomic E-state index is -0.448. The van der Waals surface area contributed by atoms with Gasteiger partial charge >= 0.3 is 5.97 Å². The normalized spacial score (nSPS) is 10.4. The summed E-state index contributed by atoms with van der Waals surface area (Å²) in [6, 6.07) is 18.8. The molecule has 0 fully saturated rings. The van der Waals surface area contributed by atoms with E-state index >= 15 is 0 Å². The van der Waals surface area contributed by atoms with Gasteiger partial charge in [0.25, 0.3) is 0 Å². The predicted octanol–water partition coefficient (Wildman–Crippen LogP) is 5.40. The molecule has 1 amide bonds. The first-order valence-corrected chi connectivity index (χ1v) is 10.9. The van der Waals surface area contributed by atoms with Gasteiger partial charge < -0.3 is 19.5 Å². The number of esters is 1. The van der Waals surface area contributed by atoms with E-state index in [2.05, 4.69) is 5.32 Å². The molecule has 0 aliphatic carbocycles. The number of benzene rings is 2. The second-order valence-corrected chi connectivity index (χ2v) is 7.64. The number of ether oxygens (including phenoxy) is 3. The number of hydrogen-bond donors (Lipinski definition) is 1. The summed E-state index contributed by atoms with van der Waals surface area (Å²) >= 11 is 1.36. The molecule has 0 aliphatic heterocycles. The molecule has 3 aromatic rings. The van der Waals surface area contributed by atoms with Crippen molar-refractivity contribution >= 4 is 28.2 Å². The molecule has 0 unspecified atom stereocenters. The molecule has 1 N–H and O–H groups in total. The molecule has 0 atom stereocenters. The fourth-order valence-electron chi connectivity index (χ4n) is 2.93. The van der Waals surface area contributed by atoms with E-state index in [1.165, 1.54) is 11.3 Å². The number of methoxy groups -OCH3 is 1. The van der Waals surface area contributed by atoms with Crippen LogP contribution < -0.4 is 14.8 Å². The summed E-state index contributed by atoms with van der Waals surface area (Å²) in [6.45, 7) is 2.39. The van der Waals surface area contributed by atoms with E-state index in [0.29, 0.717) is 35.1 Å². The highest BCUT2D eigenvalue weighted by Crippen LogP contribution is 2.36. The van der Waals surface area contributed by atoms with E-state index in [-0.39, 0.29) is 18.9 Å². The van der Waals surface area contributed by atoms with Crippen LogP contribution in [-0.2, 0) is 9.53 Å². The Kier molecular flexibility index (Phi) is 8.06. The van der Waals surface area contributed by atoms with Crippen LogP contribution in [0.25, 0.3) is 10.4 Å². The molecule has 7 heteroatoms. The van der Waals surface area contributed by atoms with Crippen LogP contribution in [0, 0.1) is 0 Å². The van der Waals surface area contributed by atoms with Crippen molar-refractivity contribution in [2.24, 2.45) is 0 Å². The SMILES string of the molecule is CCOC(=O)c1cc(-c2ccccc2)sc1NC(=O)CCCOc1ccccc1OC. The topological polar surface area (TPSA) is 73.9 Å². The van der Waals surface area contributed by atoms with Crippen molar-refractivity contribution in [3.8, 4) is 21.9 Å². The van der Waals surface area contributed by atoms with Crippen LogP contribution in [0.1, 0.15) is 30.1 Å². The average Bonchev–Trinajstić information content (AvgIpc) is 3.21. The molecule has 0 spiro atoms. The number of amides is 1. The fourth-order valence-corrected chi connectivity index (χ4v) is 4.00. The standard InChI is InChI=1S/C24H25NO5S/c1-3-29-24(27)18-16-21(17-10-5-4-6-11-17)31-23(18)25-22(26)14-9-15-30-20-13-8-7-12-19(20)28-2/h4-8,10-13,16H,3,9,14-15H2,1-2H3,(H,25,26). The summed E-state index contributed by atoms with van der Waals surface area (Å²) in [5.41, 5.74) is 1.34. The van der Waals surface area contributed by atoms with Crippen LogP contribution in [-0.4, -0.2) is 32.2 Å². The van der Waals surface area contributed by atoms with Gasteiger partial charge in [0.1, 0.15) is 5.00 Å². The number of nitrogens with one attached hydrogen (secondary N) is 1. The van der Waals surface area contributed by atoms with Gasteiger partial charge in [0.2, 0.25) is 5.91 Å². The molecule has 1 aromatic heterocycles. The third-order valence-electron chi connectivity index (χ3n) is 4.41. The Bertz CT molecular complexity index is 1020. The smallest absolute Gasteiger partial charge is 0.341 e.